The molecule has 1 rings (SSSR count). The second-order valence-corrected chi connectivity index (χ2v) is 5.41. The molecule has 0 saturated carbocycles. The molecule has 3 N–H and O–H groups in total. The lowest BCUT2D eigenvalue weighted by Crippen LogP contribution is -2.35. The lowest BCUT2D eigenvalue weighted by molar-refractivity contribution is 0.424. The van der Waals surface area contributed by atoms with E-state index in [1.54, 1.807) is 0 Å². The van der Waals surface area contributed by atoms with Crippen LogP contribution in [0.3, 0.4) is 0 Å². The van der Waals surface area contributed by atoms with Crippen molar-refractivity contribution in [3.05, 3.63) is 22.4 Å². The molecule has 0 bridgehead atoms. The number of hydrogen-bond donors (Lipinski definition) is 2. The molecule has 3 heteroatoms. The second-order valence-electron chi connectivity index (χ2n) is 5.41. The van der Waals surface area contributed by atoms with Gasteiger partial charge in [0.2, 0.25) is 0 Å². The van der Waals surface area contributed by atoms with E-state index in [4.69, 9.17) is 5.73 Å². The molecule has 0 aromatic carbocycles. The molecule has 3 nitrogen and oxygen atoms in total. The number of aromatic nitrogens is 1. The van der Waals surface area contributed by atoms with Gasteiger partial charge in [-0.25, -0.2) is 4.98 Å². The van der Waals surface area contributed by atoms with E-state index >= 15 is 0 Å². The topological polar surface area (TPSA) is 50.9 Å². The second kappa shape index (κ2) is 4.42. The maximum absolute atomic E-state index is 5.97. The van der Waals surface area contributed by atoms with Crippen LogP contribution in [-0.2, 0) is 6.54 Å². The van der Waals surface area contributed by atoms with Gasteiger partial charge in [-0.2, -0.15) is 0 Å². The quantitative estimate of drug-likeness (QED) is 0.806. The molecule has 16 heavy (non-hydrogen) atoms. The van der Waals surface area contributed by atoms with Crippen molar-refractivity contribution in [2.24, 2.45) is 0 Å². The van der Waals surface area contributed by atoms with E-state index in [-0.39, 0.29) is 5.54 Å². The Morgan fingerprint density at radius 1 is 1.12 bits per heavy atom. The average molecular weight is 221 g/mol. The van der Waals surface area contributed by atoms with Crippen LogP contribution in [0.5, 0.6) is 0 Å². The Hall–Kier alpha value is -1.09. The predicted octanol–water partition coefficient (Wildman–Crippen LogP) is 2.48. The third-order valence-corrected chi connectivity index (χ3v) is 2.95. The van der Waals surface area contributed by atoms with Gasteiger partial charge in [-0.3, -0.25) is 0 Å². The van der Waals surface area contributed by atoms with Crippen LogP contribution in [0.15, 0.2) is 0 Å². The van der Waals surface area contributed by atoms with Crippen molar-refractivity contribution in [1.82, 2.24) is 10.3 Å². The fourth-order valence-electron chi connectivity index (χ4n) is 1.60. The number of hydrogen-bond acceptors (Lipinski definition) is 3. The number of nitrogens with zero attached hydrogens (tertiary/aromatic N) is 1. The van der Waals surface area contributed by atoms with Gasteiger partial charge in [0.15, 0.2) is 0 Å². The molecule has 0 spiro atoms. The first-order chi connectivity index (χ1) is 7.22. The van der Waals surface area contributed by atoms with Crippen molar-refractivity contribution in [1.29, 1.82) is 0 Å². The minimum atomic E-state index is 0.0949. The Kier molecular flexibility index (Phi) is 3.58. The van der Waals surface area contributed by atoms with Crippen LogP contribution in [0.4, 0.5) is 5.82 Å². The zero-order valence-corrected chi connectivity index (χ0v) is 11.2. The lowest BCUT2D eigenvalue weighted by Gasteiger charge is -2.22. The number of rotatable bonds is 2. The van der Waals surface area contributed by atoms with E-state index in [1.165, 1.54) is 11.1 Å². The van der Waals surface area contributed by atoms with Crippen LogP contribution >= 0.6 is 0 Å². The molecule has 0 fully saturated rings. The van der Waals surface area contributed by atoms with E-state index < -0.39 is 0 Å². The first kappa shape index (κ1) is 13.0. The van der Waals surface area contributed by atoms with E-state index in [2.05, 4.69) is 44.9 Å². The summed E-state index contributed by atoms with van der Waals surface area (Å²) < 4.78 is 0. The molecule has 90 valence electrons. The van der Waals surface area contributed by atoms with Gasteiger partial charge in [0.05, 0.1) is 0 Å². The van der Waals surface area contributed by atoms with Crippen LogP contribution in [0.2, 0.25) is 0 Å². The van der Waals surface area contributed by atoms with Crippen molar-refractivity contribution in [2.45, 2.75) is 53.6 Å². The molecule has 1 aromatic rings. The number of nitrogens with one attached hydrogen (secondary N) is 1. The zero-order chi connectivity index (χ0) is 12.5. The number of pyridine rings is 1. The van der Waals surface area contributed by atoms with Crippen LogP contribution < -0.4 is 11.1 Å². The minimum absolute atomic E-state index is 0.0949. The number of nitrogens with two attached hydrogens (primary N) is 1. The van der Waals surface area contributed by atoms with Crippen LogP contribution in [0.1, 0.15) is 43.2 Å². The molecule has 0 radical (unpaired) electrons. The standard InChI is InChI=1S/C13H23N3/c1-8-9(2)11(7-15-13(4,5)6)12(14)16-10(8)3/h15H,7H2,1-6H3,(H2,14,16). The van der Waals surface area contributed by atoms with Crippen molar-refractivity contribution < 1.29 is 0 Å². The molecule has 0 aliphatic heterocycles. The maximum atomic E-state index is 5.97. The number of aryl methyl sites for hydroxylation is 1. The molecule has 0 saturated heterocycles. The normalized spacial score (nSPS) is 11.9. The van der Waals surface area contributed by atoms with E-state index in [9.17, 15) is 0 Å². The Bertz CT molecular complexity index is 389. The summed E-state index contributed by atoms with van der Waals surface area (Å²) in [4.78, 5) is 4.37. The Balaban J connectivity index is 3.01. The van der Waals surface area contributed by atoms with Crippen LogP contribution in [-0.4, -0.2) is 10.5 Å². The summed E-state index contributed by atoms with van der Waals surface area (Å²) >= 11 is 0. The number of nitrogen functional groups attached to an aromatic ring is 1. The van der Waals surface area contributed by atoms with Crippen molar-refractivity contribution in [2.75, 3.05) is 5.73 Å². The maximum Gasteiger partial charge on any atom is 0.128 e. The van der Waals surface area contributed by atoms with Gasteiger partial charge in [-0.1, -0.05) is 0 Å². The van der Waals surface area contributed by atoms with Gasteiger partial charge in [0, 0.05) is 23.3 Å². The highest BCUT2D eigenvalue weighted by atomic mass is 15.0. The fraction of sp³-hybridized carbons (Fsp3) is 0.615. The fourth-order valence-corrected chi connectivity index (χ4v) is 1.60. The molecular formula is C13H23N3. The van der Waals surface area contributed by atoms with Gasteiger partial charge in [-0.15, -0.1) is 0 Å². The summed E-state index contributed by atoms with van der Waals surface area (Å²) in [6, 6.07) is 0. The molecule has 0 aliphatic carbocycles. The van der Waals surface area contributed by atoms with Crippen molar-refractivity contribution in [3.63, 3.8) is 0 Å². The SMILES string of the molecule is Cc1nc(N)c(CNC(C)(C)C)c(C)c1C. The summed E-state index contributed by atoms with van der Waals surface area (Å²) in [7, 11) is 0. The summed E-state index contributed by atoms with van der Waals surface area (Å²) in [6.07, 6.45) is 0. The van der Waals surface area contributed by atoms with Crippen molar-refractivity contribution >= 4 is 5.82 Å². The predicted molar refractivity (Wildman–Crippen MR) is 69.5 cm³/mol. The van der Waals surface area contributed by atoms with Crippen molar-refractivity contribution in [3.8, 4) is 0 Å². The highest BCUT2D eigenvalue weighted by Gasteiger charge is 2.13. The number of anilines is 1. The van der Waals surface area contributed by atoms with E-state index in [1.807, 2.05) is 6.92 Å². The Morgan fingerprint density at radius 2 is 1.69 bits per heavy atom. The monoisotopic (exact) mass is 221 g/mol. The van der Waals surface area contributed by atoms with Gasteiger partial charge in [-0.05, 0) is 52.7 Å². The van der Waals surface area contributed by atoms with E-state index in [0.29, 0.717) is 5.82 Å². The highest BCUT2D eigenvalue weighted by Crippen LogP contribution is 2.21. The average Bonchev–Trinajstić information content (AvgIpc) is 2.12. The third-order valence-electron chi connectivity index (χ3n) is 2.95. The Labute approximate surface area is 98.5 Å². The molecule has 0 amide bonds. The third kappa shape index (κ3) is 2.95. The first-order valence-electron chi connectivity index (χ1n) is 5.69. The molecule has 1 aromatic heterocycles. The van der Waals surface area contributed by atoms with Crippen LogP contribution in [0.25, 0.3) is 0 Å². The lowest BCUT2D eigenvalue weighted by atomic mass is 10.0. The minimum Gasteiger partial charge on any atom is -0.383 e. The molecule has 0 unspecified atom stereocenters. The molecular weight excluding hydrogens is 198 g/mol. The summed E-state index contributed by atoms with van der Waals surface area (Å²) in [5.74, 6) is 0.650. The summed E-state index contributed by atoms with van der Waals surface area (Å²) in [6.45, 7) is 13.4. The molecule has 0 atom stereocenters. The highest BCUT2D eigenvalue weighted by molar-refractivity contribution is 5.49. The largest absolute Gasteiger partial charge is 0.383 e. The van der Waals surface area contributed by atoms with Gasteiger partial charge in [0.1, 0.15) is 5.82 Å². The molecule has 1 heterocycles. The van der Waals surface area contributed by atoms with Gasteiger partial charge in [0.25, 0.3) is 0 Å². The summed E-state index contributed by atoms with van der Waals surface area (Å²) in [5, 5.41) is 3.45. The Morgan fingerprint density at radius 3 is 2.19 bits per heavy atom. The molecule has 0 aliphatic rings. The summed E-state index contributed by atoms with van der Waals surface area (Å²) in [5.41, 5.74) is 10.7. The zero-order valence-electron chi connectivity index (χ0n) is 11.2. The van der Waals surface area contributed by atoms with E-state index in [0.717, 1.165) is 17.8 Å². The van der Waals surface area contributed by atoms with Gasteiger partial charge >= 0.3 is 0 Å². The first-order valence-corrected chi connectivity index (χ1v) is 5.69. The van der Waals surface area contributed by atoms with Crippen LogP contribution in [0, 0.1) is 20.8 Å². The van der Waals surface area contributed by atoms with Gasteiger partial charge < -0.3 is 11.1 Å². The smallest absolute Gasteiger partial charge is 0.128 e.